The molecule has 1 aliphatic rings. The van der Waals surface area contributed by atoms with Gasteiger partial charge in [-0.25, -0.2) is 9.37 Å². The van der Waals surface area contributed by atoms with Crippen LogP contribution in [0.3, 0.4) is 0 Å². The second-order valence-electron chi connectivity index (χ2n) is 7.28. The van der Waals surface area contributed by atoms with Crippen molar-refractivity contribution in [3.63, 3.8) is 0 Å². The van der Waals surface area contributed by atoms with E-state index >= 15 is 0 Å². The molecular formula is C20H22FN7O2. The standard InChI is InChI=1S/C20H22FN7O2/c1-11-17-18(27(3)12(2)19(30)25-17)26-20(24-11)22-7-13-8-23-28(9-13)10-14-4-5-15(21)6-16(14)29/h4-6,8-9,12,29H,7,10H2,1-3H3,(H,25,30)(H,22,24,26)/t12-/m0/s1. The summed E-state index contributed by atoms with van der Waals surface area (Å²) in [5, 5.41) is 20.2. The minimum absolute atomic E-state index is 0.0861. The molecule has 9 nitrogen and oxygen atoms in total. The van der Waals surface area contributed by atoms with Gasteiger partial charge in [0.2, 0.25) is 11.9 Å². The lowest BCUT2D eigenvalue weighted by Crippen LogP contribution is -2.44. The summed E-state index contributed by atoms with van der Waals surface area (Å²) < 4.78 is 14.8. The zero-order valence-corrected chi connectivity index (χ0v) is 16.8. The molecule has 1 atom stereocenters. The number of benzene rings is 1. The summed E-state index contributed by atoms with van der Waals surface area (Å²) in [6.45, 7) is 4.40. The van der Waals surface area contributed by atoms with Crippen LogP contribution >= 0.6 is 0 Å². The molecule has 0 unspecified atom stereocenters. The molecule has 3 heterocycles. The Morgan fingerprint density at radius 2 is 2.13 bits per heavy atom. The van der Waals surface area contributed by atoms with Crippen LogP contribution in [0.25, 0.3) is 0 Å². The zero-order valence-electron chi connectivity index (χ0n) is 16.8. The van der Waals surface area contributed by atoms with Crippen molar-refractivity contribution in [3.05, 3.63) is 53.2 Å². The van der Waals surface area contributed by atoms with Crippen LogP contribution < -0.4 is 15.5 Å². The first kappa shape index (κ1) is 19.6. The van der Waals surface area contributed by atoms with Crippen LogP contribution in [0.1, 0.15) is 23.7 Å². The van der Waals surface area contributed by atoms with Crippen LogP contribution in [0.4, 0.5) is 21.8 Å². The fraction of sp³-hybridized carbons (Fsp3) is 0.300. The number of nitrogens with zero attached hydrogens (tertiary/aromatic N) is 5. The van der Waals surface area contributed by atoms with E-state index in [-0.39, 0.29) is 17.7 Å². The van der Waals surface area contributed by atoms with Gasteiger partial charge in [0.25, 0.3) is 0 Å². The summed E-state index contributed by atoms with van der Waals surface area (Å²) in [7, 11) is 1.83. The van der Waals surface area contributed by atoms with Gasteiger partial charge >= 0.3 is 0 Å². The van der Waals surface area contributed by atoms with Crippen LogP contribution in [-0.4, -0.2) is 43.9 Å². The van der Waals surface area contributed by atoms with Gasteiger partial charge in [0.15, 0.2) is 5.82 Å². The minimum Gasteiger partial charge on any atom is -0.507 e. The molecule has 0 spiro atoms. The Bertz CT molecular complexity index is 1110. The molecule has 0 bridgehead atoms. The predicted octanol–water partition coefficient (Wildman–Crippen LogP) is 2.26. The fourth-order valence-electron chi connectivity index (χ4n) is 3.24. The van der Waals surface area contributed by atoms with Gasteiger partial charge in [0, 0.05) is 37.0 Å². The van der Waals surface area contributed by atoms with E-state index in [9.17, 15) is 14.3 Å². The predicted molar refractivity (Wildman–Crippen MR) is 110 cm³/mol. The van der Waals surface area contributed by atoms with E-state index in [0.717, 1.165) is 11.6 Å². The number of aromatic hydroxyl groups is 1. The number of carbonyl (C=O) groups is 1. The fourth-order valence-corrected chi connectivity index (χ4v) is 3.24. The van der Waals surface area contributed by atoms with E-state index < -0.39 is 5.82 Å². The monoisotopic (exact) mass is 411 g/mol. The Morgan fingerprint density at radius 1 is 1.33 bits per heavy atom. The lowest BCUT2D eigenvalue weighted by molar-refractivity contribution is -0.117. The Kier molecular flexibility index (Phi) is 4.98. The maximum atomic E-state index is 13.1. The van der Waals surface area contributed by atoms with Gasteiger partial charge in [0.1, 0.15) is 23.3 Å². The number of rotatable bonds is 5. The lowest BCUT2D eigenvalue weighted by atomic mass is 10.2. The van der Waals surface area contributed by atoms with Crippen molar-refractivity contribution in [2.75, 3.05) is 22.6 Å². The number of aromatic nitrogens is 4. The number of carbonyl (C=O) groups excluding carboxylic acids is 1. The topological polar surface area (TPSA) is 108 Å². The molecule has 0 aliphatic carbocycles. The molecule has 4 rings (SSSR count). The van der Waals surface area contributed by atoms with E-state index in [0.29, 0.717) is 41.8 Å². The molecule has 1 amide bonds. The number of hydrogen-bond donors (Lipinski definition) is 3. The molecule has 156 valence electrons. The molecule has 3 N–H and O–H groups in total. The first-order chi connectivity index (χ1) is 14.3. The number of phenolic OH excluding ortho intramolecular Hbond substituents is 1. The molecule has 0 saturated heterocycles. The maximum Gasteiger partial charge on any atom is 0.246 e. The maximum absolute atomic E-state index is 13.1. The third kappa shape index (κ3) is 3.76. The quantitative estimate of drug-likeness (QED) is 0.591. The van der Waals surface area contributed by atoms with Crippen LogP contribution in [0, 0.1) is 12.7 Å². The number of anilines is 3. The molecule has 1 aliphatic heterocycles. The largest absolute Gasteiger partial charge is 0.507 e. The number of amides is 1. The molecule has 1 aromatic carbocycles. The third-order valence-corrected chi connectivity index (χ3v) is 5.13. The van der Waals surface area contributed by atoms with Crippen molar-refractivity contribution in [1.82, 2.24) is 19.7 Å². The Balaban J connectivity index is 1.46. The summed E-state index contributed by atoms with van der Waals surface area (Å²) >= 11 is 0. The molecular weight excluding hydrogens is 389 g/mol. The van der Waals surface area contributed by atoms with E-state index in [4.69, 9.17) is 0 Å². The Morgan fingerprint density at radius 3 is 2.90 bits per heavy atom. The lowest BCUT2D eigenvalue weighted by Gasteiger charge is -2.32. The molecule has 0 saturated carbocycles. The second kappa shape index (κ2) is 7.62. The highest BCUT2D eigenvalue weighted by Gasteiger charge is 2.30. The van der Waals surface area contributed by atoms with Crippen molar-refractivity contribution in [1.29, 1.82) is 0 Å². The Labute approximate surface area is 172 Å². The highest BCUT2D eigenvalue weighted by atomic mass is 19.1. The zero-order chi connectivity index (χ0) is 21.4. The SMILES string of the molecule is Cc1nc(NCc2cnn(Cc3ccc(F)cc3O)c2)nc2c1NC(=O)[C@H](C)N2C. The average Bonchev–Trinajstić information content (AvgIpc) is 3.15. The number of hydrogen-bond acceptors (Lipinski definition) is 7. The number of phenols is 1. The van der Waals surface area contributed by atoms with Crippen LogP contribution in [0.15, 0.2) is 30.6 Å². The van der Waals surface area contributed by atoms with E-state index in [1.54, 1.807) is 10.9 Å². The number of nitrogens with one attached hydrogen (secondary N) is 2. The minimum atomic E-state index is -0.485. The van der Waals surface area contributed by atoms with Gasteiger partial charge in [0.05, 0.1) is 18.4 Å². The van der Waals surface area contributed by atoms with Gasteiger partial charge in [-0.3, -0.25) is 9.48 Å². The van der Waals surface area contributed by atoms with Crippen molar-refractivity contribution in [3.8, 4) is 5.75 Å². The molecule has 0 radical (unpaired) electrons. The van der Waals surface area contributed by atoms with Crippen LogP contribution in [0.5, 0.6) is 5.75 Å². The molecule has 10 heteroatoms. The van der Waals surface area contributed by atoms with Crippen molar-refractivity contribution < 1.29 is 14.3 Å². The molecule has 30 heavy (non-hydrogen) atoms. The summed E-state index contributed by atoms with van der Waals surface area (Å²) in [4.78, 5) is 22.8. The molecule has 0 fully saturated rings. The first-order valence-electron chi connectivity index (χ1n) is 9.46. The van der Waals surface area contributed by atoms with Gasteiger partial charge in [-0.1, -0.05) is 6.07 Å². The van der Waals surface area contributed by atoms with Crippen LogP contribution in [0.2, 0.25) is 0 Å². The summed E-state index contributed by atoms with van der Waals surface area (Å²) in [5.41, 5.74) is 2.77. The average molecular weight is 411 g/mol. The first-order valence-corrected chi connectivity index (χ1v) is 9.46. The van der Waals surface area contributed by atoms with Crippen molar-refractivity contribution in [2.45, 2.75) is 33.0 Å². The molecule has 3 aromatic rings. The van der Waals surface area contributed by atoms with Crippen molar-refractivity contribution >= 4 is 23.4 Å². The van der Waals surface area contributed by atoms with Gasteiger partial charge in [-0.15, -0.1) is 0 Å². The van der Waals surface area contributed by atoms with Gasteiger partial charge in [-0.2, -0.15) is 10.1 Å². The van der Waals surface area contributed by atoms with Gasteiger partial charge < -0.3 is 20.6 Å². The third-order valence-electron chi connectivity index (χ3n) is 5.13. The number of likely N-dealkylation sites (N-methyl/N-ethyl adjacent to an activating group) is 1. The normalized spacial score (nSPS) is 15.7. The smallest absolute Gasteiger partial charge is 0.246 e. The molecule has 2 aromatic heterocycles. The number of aryl methyl sites for hydroxylation is 1. The van der Waals surface area contributed by atoms with Crippen molar-refractivity contribution in [2.24, 2.45) is 0 Å². The van der Waals surface area contributed by atoms with E-state index in [1.807, 2.05) is 32.0 Å². The summed E-state index contributed by atoms with van der Waals surface area (Å²) in [6, 6.07) is 3.60. The van der Waals surface area contributed by atoms with E-state index in [1.165, 1.54) is 12.1 Å². The van der Waals surface area contributed by atoms with Gasteiger partial charge in [-0.05, 0) is 19.9 Å². The highest BCUT2D eigenvalue weighted by molar-refractivity contribution is 6.03. The van der Waals surface area contributed by atoms with Crippen LogP contribution in [-0.2, 0) is 17.9 Å². The highest BCUT2D eigenvalue weighted by Crippen LogP contribution is 2.32. The second-order valence-corrected chi connectivity index (χ2v) is 7.28. The summed E-state index contributed by atoms with van der Waals surface area (Å²) in [5.74, 6) is 0.442. The Hall–Kier alpha value is -3.69. The summed E-state index contributed by atoms with van der Waals surface area (Å²) in [6.07, 6.45) is 3.53. The number of fused-ring (bicyclic) bond motifs is 1. The van der Waals surface area contributed by atoms with E-state index in [2.05, 4.69) is 25.7 Å². The number of halogens is 1.